The van der Waals surface area contributed by atoms with E-state index in [1.54, 1.807) is 24.7 Å². The number of hydrogen-bond acceptors (Lipinski definition) is 6. The summed E-state index contributed by atoms with van der Waals surface area (Å²) in [6, 6.07) is 15.4. The molecule has 4 heterocycles. The van der Waals surface area contributed by atoms with Crippen molar-refractivity contribution in [2.45, 2.75) is 12.1 Å². The molecule has 3 aromatic heterocycles. The van der Waals surface area contributed by atoms with E-state index in [2.05, 4.69) is 20.4 Å². The fourth-order valence-corrected chi connectivity index (χ4v) is 3.79. The van der Waals surface area contributed by atoms with Gasteiger partial charge in [0, 0.05) is 35.6 Å². The number of hydrogen-bond donors (Lipinski definition) is 1. The molecular weight excluding hydrogens is 394 g/mol. The summed E-state index contributed by atoms with van der Waals surface area (Å²) in [5.41, 5.74) is 1.51. The maximum absolute atomic E-state index is 13.0. The normalized spacial score (nSPS) is 18.2. The Morgan fingerprint density at radius 2 is 1.94 bits per heavy atom. The number of nitrogens with zero attached hydrogens (tertiary/aromatic N) is 4. The Morgan fingerprint density at radius 1 is 1.03 bits per heavy atom. The van der Waals surface area contributed by atoms with Crippen LogP contribution in [0.4, 0.5) is 0 Å². The minimum absolute atomic E-state index is 0.259. The summed E-state index contributed by atoms with van der Waals surface area (Å²) in [7, 11) is 0. The number of carbonyl (C=O) groups excluding carboxylic acids is 1. The second-order valence-corrected chi connectivity index (χ2v) is 7.31. The summed E-state index contributed by atoms with van der Waals surface area (Å²) in [6.45, 7) is 0.559. The lowest BCUT2D eigenvalue weighted by atomic mass is 10.1. The number of ether oxygens (including phenoxy) is 1. The molecule has 0 spiro atoms. The molecule has 0 bridgehead atoms. The average Bonchev–Trinajstić information content (AvgIpc) is 3.27. The highest BCUT2D eigenvalue weighted by Crippen LogP contribution is 2.21. The zero-order valence-corrected chi connectivity index (χ0v) is 16.5. The van der Waals surface area contributed by atoms with Crippen molar-refractivity contribution < 1.29 is 9.53 Å². The Labute approximate surface area is 177 Å². The summed E-state index contributed by atoms with van der Waals surface area (Å²) in [4.78, 5) is 34.0. The van der Waals surface area contributed by atoms with Crippen LogP contribution < -0.4 is 10.9 Å². The van der Waals surface area contributed by atoms with Gasteiger partial charge in [0.05, 0.1) is 24.9 Å². The predicted octanol–water partition coefficient (Wildman–Crippen LogP) is 2.22. The fraction of sp³-hybridized carbons (Fsp3) is 0.174. The Hall–Kier alpha value is -3.91. The van der Waals surface area contributed by atoms with Crippen LogP contribution in [0, 0.1) is 0 Å². The van der Waals surface area contributed by atoms with Crippen LogP contribution in [0.15, 0.2) is 78.0 Å². The molecule has 8 nitrogen and oxygen atoms in total. The number of benzene rings is 1. The SMILES string of the molecule is O=C(NC1COCC1n1nc(-c2cccnc2)ccc1=O)c1nccc2ccccc12. The van der Waals surface area contributed by atoms with Crippen molar-refractivity contribution in [2.24, 2.45) is 0 Å². The largest absolute Gasteiger partial charge is 0.377 e. The summed E-state index contributed by atoms with van der Waals surface area (Å²) in [6.07, 6.45) is 4.98. The van der Waals surface area contributed by atoms with Gasteiger partial charge in [-0.2, -0.15) is 5.10 Å². The zero-order valence-electron chi connectivity index (χ0n) is 16.5. The first-order valence-electron chi connectivity index (χ1n) is 9.93. The first-order valence-corrected chi connectivity index (χ1v) is 9.93. The third-order valence-corrected chi connectivity index (χ3v) is 5.35. The van der Waals surface area contributed by atoms with Crippen molar-refractivity contribution in [3.05, 3.63) is 89.2 Å². The predicted molar refractivity (Wildman–Crippen MR) is 115 cm³/mol. The van der Waals surface area contributed by atoms with Gasteiger partial charge in [-0.1, -0.05) is 24.3 Å². The van der Waals surface area contributed by atoms with E-state index >= 15 is 0 Å². The van der Waals surface area contributed by atoms with Gasteiger partial charge in [-0.25, -0.2) is 4.68 Å². The van der Waals surface area contributed by atoms with Crippen LogP contribution in [0.2, 0.25) is 0 Å². The van der Waals surface area contributed by atoms with Gasteiger partial charge < -0.3 is 10.1 Å². The first-order chi connectivity index (χ1) is 15.2. The highest BCUT2D eigenvalue weighted by atomic mass is 16.5. The van der Waals surface area contributed by atoms with E-state index in [1.807, 2.05) is 42.5 Å². The van der Waals surface area contributed by atoms with Crippen LogP contribution in [0.25, 0.3) is 22.0 Å². The molecule has 1 aromatic carbocycles. The molecule has 31 heavy (non-hydrogen) atoms. The monoisotopic (exact) mass is 413 g/mol. The number of nitrogens with one attached hydrogen (secondary N) is 1. The van der Waals surface area contributed by atoms with Crippen molar-refractivity contribution in [1.29, 1.82) is 0 Å². The Bertz CT molecular complexity index is 1300. The summed E-state index contributed by atoms with van der Waals surface area (Å²) in [5.74, 6) is -0.311. The van der Waals surface area contributed by atoms with E-state index in [4.69, 9.17) is 4.74 Å². The maximum atomic E-state index is 13.0. The summed E-state index contributed by atoms with van der Waals surface area (Å²) in [5, 5.41) is 9.21. The van der Waals surface area contributed by atoms with E-state index in [-0.39, 0.29) is 24.7 Å². The molecule has 5 rings (SSSR count). The molecule has 0 aliphatic carbocycles. The smallest absolute Gasteiger partial charge is 0.270 e. The van der Waals surface area contributed by atoms with Gasteiger partial charge in [-0.05, 0) is 29.7 Å². The molecule has 1 amide bonds. The Morgan fingerprint density at radius 3 is 2.81 bits per heavy atom. The third kappa shape index (κ3) is 3.69. The molecule has 1 aliphatic rings. The number of amides is 1. The van der Waals surface area contributed by atoms with Crippen molar-refractivity contribution in [1.82, 2.24) is 25.1 Å². The molecule has 0 saturated carbocycles. The van der Waals surface area contributed by atoms with Gasteiger partial charge in [0.2, 0.25) is 0 Å². The first kappa shape index (κ1) is 19.1. The molecule has 8 heteroatoms. The molecule has 154 valence electrons. The van der Waals surface area contributed by atoms with E-state index < -0.39 is 12.1 Å². The fourth-order valence-electron chi connectivity index (χ4n) is 3.79. The van der Waals surface area contributed by atoms with Crippen LogP contribution in [0.3, 0.4) is 0 Å². The second-order valence-electron chi connectivity index (χ2n) is 7.31. The van der Waals surface area contributed by atoms with Gasteiger partial charge in [-0.15, -0.1) is 0 Å². The number of aromatic nitrogens is 4. The molecule has 1 N–H and O–H groups in total. The van der Waals surface area contributed by atoms with Crippen LogP contribution in [0.1, 0.15) is 16.5 Å². The van der Waals surface area contributed by atoms with Gasteiger partial charge in [0.15, 0.2) is 0 Å². The number of carbonyl (C=O) groups is 1. The van der Waals surface area contributed by atoms with E-state index in [0.29, 0.717) is 11.4 Å². The van der Waals surface area contributed by atoms with Crippen molar-refractivity contribution in [2.75, 3.05) is 13.2 Å². The molecule has 1 saturated heterocycles. The van der Waals surface area contributed by atoms with Crippen LogP contribution in [-0.4, -0.2) is 44.9 Å². The van der Waals surface area contributed by atoms with Crippen molar-refractivity contribution in [3.8, 4) is 11.3 Å². The second kappa shape index (κ2) is 8.08. The minimum atomic E-state index is -0.428. The van der Waals surface area contributed by atoms with Gasteiger partial charge in [0.25, 0.3) is 11.5 Å². The van der Waals surface area contributed by atoms with Crippen molar-refractivity contribution >= 4 is 16.7 Å². The molecule has 1 fully saturated rings. The maximum Gasteiger partial charge on any atom is 0.270 e. The van der Waals surface area contributed by atoms with Crippen LogP contribution in [-0.2, 0) is 4.74 Å². The van der Waals surface area contributed by atoms with Crippen molar-refractivity contribution in [3.63, 3.8) is 0 Å². The Balaban J connectivity index is 1.44. The molecule has 0 radical (unpaired) electrons. The summed E-state index contributed by atoms with van der Waals surface area (Å²) >= 11 is 0. The third-order valence-electron chi connectivity index (χ3n) is 5.35. The van der Waals surface area contributed by atoms with E-state index in [1.165, 1.54) is 10.7 Å². The number of rotatable bonds is 4. The highest BCUT2D eigenvalue weighted by Gasteiger charge is 2.33. The summed E-state index contributed by atoms with van der Waals surface area (Å²) < 4.78 is 6.99. The molecule has 4 aromatic rings. The number of pyridine rings is 2. The van der Waals surface area contributed by atoms with Gasteiger partial charge in [-0.3, -0.25) is 19.6 Å². The minimum Gasteiger partial charge on any atom is -0.377 e. The van der Waals surface area contributed by atoms with Crippen LogP contribution in [0.5, 0.6) is 0 Å². The van der Waals surface area contributed by atoms with E-state index in [9.17, 15) is 9.59 Å². The van der Waals surface area contributed by atoms with Crippen LogP contribution >= 0.6 is 0 Å². The average molecular weight is 413 g/mol. The lowest BCUT2D eigenvalue weighted by molar-refractivity contribution is 0.0921. The van der Waals surface area contributed by atoms with E-state index in [0.717, 1.165) is 16.3 Å². The lowest BCUT2D eigenvalue weighted by Crippen LogP contribution is -2.44. The zero-order chi connectivity index (χ0) is 21.2. The van der Waals surface area contributed by atoms with Gasteiger partial charge >= 0.3 is 0 Å². The molecule has 2 atom stereocenters. The standard InChI is InChI=1S/C23H19N5O3/c29-21-8-7-18(16-5-3-10-24-12-16)27-28(21)20-14-31-13-19(20)26-23(30)22-17-6-2-1-4-15(17)9-11-25-22/h1-12,19-20H,13-14H2,(H,26,30). The molecular formula is C23H19N5O3. The number of fused-ring (bicyclic) bond motifs is 1. The highest BCUT2D eigenvalue weighted by molar-refractivity contribution is 6.05. The molecule has 2 unspecified atom stereocenters. The van der Waals surface area contributed by atoms with Gasteiger partial charge in [0.1, 0.15) is 11.7 Å². The lowest BCUT2D eigenvalue weighted by Gasteiger charge is -2.21. The Kier molecular flexibility index (Phi) is 4.97. The topological polar surface area (TPSA) is 99.0 Å². The quantitative estimate of drug-likeness (QED) is 0.551. The molecule has 1 aliphatic heterocycles.